The summed E-state index contributed by atoms with van der Waals surface area (Å²) >= 11 is 0. The summed E-state index contributed by atoms with van der Waals surface area (Å²) in [6, 6.07) is 1.43. The van der Waals surface area contributed by atoms with E-state index in [1.807, 2.05) is 6.92 Å². The lowest BCUT2D eigenvalue weighted by molar-refractivity contribution is -0.170. The van der Waals surface area contributed by atoms with Crippen LogP contribution in [0.1, 0.15) is 43.0 Å². The van der Waals surface area contributed by atoms with Crippen LogP contribution in [0, 0.1) is 0 Å². The highest BCUT2D eigenvalue weighted by Crippen LogP contribution is 2.39. The number of hydrogen-bond donors (Lipinski definition) is 2. The number of aromatic nitrogens is 1. The molecule has 1 atom stereocenters. The molecule has 0 aliphatic carbocycles. The second kappa shape index (κ2) is 5.52. The summed E-state index contributed by atoms with van der Waals surface area (Å²) in [6.45, 7) is 3.60. The van der Waals surface area contributed by atoms with Gasteiger partial charge in [0.1, 0.15) is 5.75 Å². The van der Waals surface area contributed by atoms with Crippen molar-refractivity contribution in [3.05, 3.63) is 24.0 Å². The molecular weight excluding hydrogens is 284 g/mol. The molecule has 0 bridgehead atoms. The maximum Gasteiger partial charge on any atom is 0.255 e. The van der Waals surface area contributed by atoms with Gasteiger partial charge in [-0.3, -0.25) is 9.78 Å². The quantitative estimate of drug-likeness (QED) is 0.818. The third kappa shape index (κ3) is 3.08. The summed E-state index contributed by atoms with van der Waals surface area (Å²) in [5, 5.41) is 19.7. The van der Waals surface area contributed by atoms with Gasteiger partial charge >= 0.3 is 0 Å². The molecule has 1 unspecified atom stereocenters. The van der Waals surface area contributed by atoms with Gasteiger partial charge in [0.25, 0.3) is 5.91 Å². The van der Waals surface area contributed by atoms with Gasteiger partial charge in [0, 0.05) is 25.7 Å². The molecule has 120 valence electrons. The first-order chi connectivity index (χ1) is 10.4. The van der Waals surface area contributed by atoms with Crippen molar-refractivity contribution < 1.29 is 19.7 Å². The van der Waals surface area contributed by atoms with E-state index in [-0.39, 0.29) is 17.3 Å². The van der Waals surface area contributed by atoms with Gasteiger partial charge in [0.15, 0.2) is 0 Å². The van der Waals surface area contributed by atoms with Crippen molar-refractivity contribution in [1.29, 1.82) is 0 Å². The standard InChI is InChI=1S/C16H22N2O4/c1-15(21)4-7-22-16(11-15)2-5-18(6-3-16)14(20)12-8-13(19)10-17-9-12/h8-10,19,21H,2-7,11H2,1H3. The Bertz CT molecular complexity index is 565. The molecule has 6 heteroatoms. The molecule has 6 nitrogen and oxygen atoms in total. The molecule has 0 saturated carbocycles. The molecule has 0 radical (unpaired) electrons. The van der Waals surface area contributed by atoms with Crippen molar-refractivity contribution in [3.63, 3.8) is 0 Å². The minimum absolute atomic E-state index is 0.00834. The van der Waals surface area contributed by atoms with E-state index in [9.17, 15) is 15.0 Å². The van der Waals surface area contributed by atoms with Crippen molar-refractivity contribution in [2.75, 3.05) is 19.7 Å². The van der Waals surface area contributed by atoms with E-state index >= 15 is 0 Å². The van der Waals surface area contributed by atoms with Gasteiger partial charge in [-0.05, 0) is 32.3 Å². The SMILES string of the molecule is CC1(O)CCOC2(CCN(C(=O)c3cncc(O)c3)CC2)C1. The molecule has 22 heavy (non-hydrogen) atoms. The van der Waals surface area contributed by atoms with Crippen molar-refractivity contribution >= 4 is 5.91 Å². The Kier molecular flexibility index (Phi) is 3.82. The van der Waals surface area contributed by atoms with Gasteiger partial charge in [-0.1, -0.05) is 0 Å². The number of pyridine rings is 1. The molecule has 1 amide bonds. The lowest BCUT2D eigenvalue weighted by atomic mass is 9.78. The van der Waals surface area contributed by atoms with Crippen molar-refractivity contribution in [2.24, 2.45) is 0 Å². The minimum Gasteiger partial charge on any atom is -0.506 e. The van der Waals surface area contributed by atoms with Crippen LogP contribution in [0.3, 0.4) is 0 Å². The van der Waals surface area contributed by atoms with Crippen LogP contribution in [0.15, 0.2) is 18.5 Å². The number of carbonyl (C=O) groups excluding carboxylic acids is 1. The summed E-state index contributed by atoms with van der Waals surface area (Å²) in [4.78, 5) is 18.0. The lowest BCUT2D eigenvalue weighted by Crippen LogP contribution is -2.54. The van der Waals surface area contributed by atoms with Crippen molar-refractivity contribution in [2.45, 2.75) is 43.8 Å². The summed E-state index contributed by atoms with van der Waals surface area (Å²) in [7, 11) is 0. The molecule has 3 rings (SSSR count). The molecule has 2 N–H and O–H groups in total. The number of carbonyl (C=O) groups is 1. The first-order valence-corrected chi connectivity index (χ1v) is 7.69. The smallest absolute Gasteiger partial charge is 0.255 e. The summed E-state index contributed by atoms with van der Waals surface area (Å²) in [5.41, 5.74) is -0.595. The fraction of sp³-hybridized carbons (Fsp3) is 0.625. The van der Waals surface area contributed by atoms with E-state index in [1.165, 1.54) is 18.5 Å². The summed E-state index contributed by atoms with van der Waals surface area (Å²) in [5.74, 6) is -0.133. The number of likely N-dealkylation sites (tertiary alicyclic amines) is 1. The Hall–Kier alpha value is -1.66. The van der Waals surface area contributed by atoms with Crippen LogP contribution in [-0.4, -0.2) is 56.9 Å². The predicted octanol–water partition coefficient (Wildman–Crippen LogP) is 1.32. The first-order valence-electron chi connectivity index (χ1n) is 7.69. The van der Waals surface area contributed by atoms with E-state index < -0.39 is 5.60 Å². The van der Waals surface area contributed by atoms with Crippen LogP contribution >= 0.6 is 0 Å². The highest BCUT2D eigenvalue weighted by molar-refractivity contribution is 5.94. The first kappa shape index (κ1) is 15.2. The minimum atomic E-state index is -0.681. The number of aliphatic hydroxyl groups is 1. The fourth-order valence-electron chi connectivity index (χ4n) is 3.49. The lowest BCUT2D eigenvalue weighted by Gasteiger charge is -2.48. The number of hydrogen-bond acceptors (Lipinski definition) is 5. The van der Waals surface area contributed by atoms with Crippen LogP contribution in [0.4, 0.5) is 0 Å². The average molecular weight is 306 g/mol. The molecular formula is C16H22N2O4. The van der Waals surface area contributed by atoms with Gasteiger partial charge in [0.05, 0.1) is 29.6 Å². The Morgan fingerprint density at radius 3 is 2.68 bits per heavy atom. The second-order valence-electron chi connectivity index (χ2n) is 6.68. The highest BCUT2D eigenvalue weighted by atomic mass is 16.5. The van der Waals surface area contributed by atoms with Gasteiger partial charge in [-0.2, -0.15) is 0 Å². The van der Waals surface area contributed by atoms with Crippen molar-refractivity contribution in [1.82, 2.24) is 9.88 Å². The molecule has 2 fully saturated rings. The zero-order chi connectivity index (χ0) is 15.8. The van der Waals surface area contributed by atoms with E-state index in [1.54, 1.807) is 4.90 Å². The van der Waals surface area contributed by atoms with E-state index in [4.69, 9.17) is 4.74 Å². The Morgan fingerprint density at radius 2 is 2.05 bits per heavy atom. The molecule has 2 aliphatic heterocycles. The van der Waals surface area contributed by atoms with Gasteiger partial charge < -0.3 is 19.8 Å². The Morgan fingerprint density at radius 1 is 1.32 bits per heavy atom. The van der Waals surface area contributed by atoms with E-state index in [0.29, 0.717) is 38.1 Å². The summed E-state index contributed by atoms with van der Waals surface area (Å²) < 4.78 is 5.94. The molecule has 2 saturated heterocycles. The number of ether oxygens (including phenoxy) is 1. The molecule has 1 spiro atoms. The Balaban J connectivity index is 1.65. The summed E-state index contributed by atoms with van der Waals surface area (Å²) in [6.07, 6.45) is 5.50. The fourth-order valence-corrected chi connectivity index (χ4v) is 3.49. The topological polar surface area (TPSA) is 82.9 Å². The zero-order valence-corrected chi connectivity index (χ0v) is 12.8. The number of nitrogens with zero attached hydrogens (tertiary/aromatic N) is 2. The predicted molar refractivity (Wildman–Crippen MR) is 79.6 cm³/mol. The number of rotatable bonds is 1. The molecule has 1 aromatic heterocycles. The maximum absolute atomic E-state index is 12.4. The van der Waals surface area contributed by atoms with Gasteiger partial charge in [-0.15, -0.1) is 0 Å². The van der Waals surface area contributed by atoms with Crippen LogP contribution in [-0.2, 0) is 4.74 Å². The number of amides is 1. The third-order valence-electron chi connectivity index (χ3n) is 4.68. The number of aromatic hydroxyl groups is 1. The molecule has 0 aromatic carbocycles. The monoisotopic (exact) mass is 306 g/mol. The van der Waals surface area contributed by atoms with Gasteiger partial charge in [0.2, 0.25) is 0 Å². The average Bonchev–Trinajstić information content (AvgIpc) is 2.46. The normalized spacial score (nSPS) is 27.8. The van der Waals surface area contributed by atoms with Crippen molar-refractivity contribution in [3.8, 4) is 5.75 Å². The zero-order valence-electron chi connectivity index (χ0n) is 12.8. The third-order valence-corrected chi connectivity index (χ3v) is 4.68. The van der Waals surface area contributed by atoms with Crippen LogP contribution < -0.4 is 0 Å². The maximum atomic E-state index is 12.4. The van der Waals surface area contributed by atoms with E-state index in [0.717, 1.165) is 12.8 Å². The van der Waals surface area contributed by atoms with E-state index in [2.05, 4.69) is 4.98 Å². The van der Waals surface area contributed by atoms with Crippen LogP contribution in [0.25, 0.3) is 0 Å². The Labute approximate surface area is 129 Å². The van der Waals surface area contributed by atoms with Gasteiger partial charge in [-0.25, -0.2) is 0 Å². The molecule has 1 aromatic rings. The molecule has 3 heterocycles. The number of piperidine rings is 1. The molecule has 2 aliphatic rings. The second-order valence-corrected chi connectivity index (χ2v) is 6.68. The van der Waals surface area contributed by atoms with Crippen LogP contribution in [0.5, 0.6) is 5.75 Å². The van der Waals surface area contributed by atoms with Crippen LogP contribution in [0.2, 0.25) is 0 Å². The largest absolute Gasteiger partial charge is 0.506 e. The highest BCUT2D eigenvalue weighted by Gasteiger charge is 2.44.